The van der Waals surface area contributed by atoms with E-state index >= 15 is 0 Å². The molecule has 3 heteroatoms. The van der Waals surface area contributed by atoms with Crippen molar-refractivity contribution in [1.29, 1.82) is 0 Å². The van der Waals surface area contributed by atoms with E-state index in [-0.39, 0.29) is 24.2 Å². The van der Waals surface area contributed by atoms with E-state index in [0.717, 1.165) is 16.7 Å². The van der Waals surface area contributed by atoms with Crippen LogP contribution in [0.4, 0.5) is 0 Å². The van der Waals surface area contributed by atoms with Crippen LogP contribution in [-0.2, 0) is 9.59 Å². The smallest absolute Gasteiger partial charge is 0.230 e. The Morgan fingerprint density at radius 3 is 1.80 bits per heavy atom. The van der Waals surface area contributed by atoms with E-state index < -0.39 is 0 Å². The normalized spacial score (nSPS) is 10.4. The molecule has 0 heterocycles. The van der Waals surface area contributed by atoms with Gasteiger partial charge in [-0.25, -0.2) is 0 Å². The standard InChI is InChI=1S/C22H25NO2/c1-17(2)23(22(25)16-18(3)24)15-14-21(19-10-6-4-7-11-19)20-12-8-5-9-13-20/h4-14,17H,15-16H2,1-3H3. The zero-order valence-corrected chi connectivity index (χ0v) is 15.1. The minimum absolute atomic E-state index is 0.0379. The third-order valence-electron chi connectivity index (χ3n) is 4.01. The molecule has 0 N–H and O–H groups in total. The zero-order chi connectivity index (χ0) is 18.2. The van der Waals surface area contributed by atoms with Crippen LogP contribution in [0.3, 0.4) is 0 Å². The lowest BCUT2D eigenvalue weighted by molar-refractivity contribution is -0.135. The summed E-state index contributed by atoms with van der Waals surface area (Å²) >= 11 is 0. The summed E-state index contributed by atoms with van der Waals surface area (Å²) in [5, 5.41) is 0. The summed E-state index contributed by atoms with van der Waals surface area (Å²) in [4.78, 5) is 25.4. The Kier molecular flexibility index (Phi) is 6.70. The number of ketones is 1. The van der Waals surface area contributed by atoms with Gasteiger partial charge in [0, 0.05) is 12.6 Å². The van der Waals surface area contributed by atoms with E-state index in [4.69, 9.17) is 0 Å². The van der Waals surface area contributed by atoms with Crippen molar-refractivity contribution >= 4 is 17.3 Å². The lowest BCUT2D eigenvalue weighted by Gasteiger charge is -2.25. The fourth-order valence-electron chi connectivity index (χ4n) is 2.74. The van der Waals surface area contributed by atoms with Crippen molar-refractivity contribution in [2.45, 2.75) is 33.2 Å². The number of rotatable bonds is 7. The molecule has 0 bridgehead atoms. The molecular formula is C22H25NO2. The summed E-state index contributed by atoms with van der Waals surface area (Å²) in [7, 11) is 0. The van der Waals surface area contributed by atoms with Gasteiger partial charge in [-0.05, 0) is 37.5 Å². The maximum absolute atomic E-state index is 12.4. The summed E-state index contributed by atoms with van der Waals surface area (Å²) in [6.45, 7) is 5.86. The Morgan fingerprint density at radius 2 is 1.40 bits per heavy atom. The SMILES string of the molecule is CC(=O)CC(=O)N(CC=C(c1ccccc1)c1ccccc1)C(C)C. The second-order valence-electron chi connectivity index (χ2n) is 6.37. The van der Waals surface area contributed by atoms with Gasteiger partial charge in [0.25, 0.3) is 0 Å². The molecule has 0 aromatic heterocycles. The van der Waals surface area contributed by atoms with Gasteiger partial charge < -0.3 is 4.90 Å². The molecule has 0 radical (unpaired) electrons. The van der Waals surface area contributed by atoms with Crippen molar-refractivity contribution < 1.29 is 9.59 Å². The Bertz CT molecular complexity index is 692. The minimum Gasteiger partial charge on any atom is -0.336 e. The van der Waals surface area contributed by atoms with Crippen molar-refractivity contribution in [3.63, 3.8) is 0 Å². The molecule has 0 aliphatic heterocycles. The summed E-state index contributed by atoms with van der Waals surface area (Å²) in [5.74, 6) is -0.231. The molecule has 0 atom stereocenters. The predicted molar refractivity (Wildman–Crippen MR) is 102 cm³/mol. The summed E-state index contributed by atoms with van der Waals surface area (Å²) in [6, 6.07) is 20.3. The highest BCUT2D eigenvalue weighted by Crippen LogP contribution is 2.23. The van der Waals surface area contributed by atoms with E-state index in [1.54, 1.807) is 4.90 Å². The van der Waals surface area contributed by atoms with Gasteiger partial charge in [-0.15, -0.1) is 0 Å². The third-order valence-corrected chi connectivity index (χ3v) is 4.01. The van der Waals surface area contributed by atoms with E-state index in [1.807, 2.05) is 50.2 Å². The highest BCUT2D eigenvalue weighted by atomic mass is 16.2. The maximum atomic E-state index is 12.4. The number of Topliss-reactive ketones (excluding diaryl/α,β-unsaturated/α-hetero) is 1. The molecule has 0 fully saturated rings. The minimum atomic E-state index is -0.126. The first-order chi connectivity index (χ1) is 12.0. The molecule has 2 aromatic rings. The number of nitrogens with zero attached hydrogens (tertiary/aromatic N) is 1. The van der Waals surface area contributed by atoms with Gasteiger partial charge in [0.1, 0.15) is 5.78 Å². The maximum Gasteiger partial charge on any atom is 0.230 e. The average Bonchev–Trinajstić information content (AvgIpc) is 2.59. The topological polar surface area (TPSA) is 37.4 Å². The Labute approximate surface area is 150 Å². The van der Waals surface area contributed by atoms with Crippen molar-refractivity contribution in [1.82, 2.24) is 4.90 Å². The van der Waals surface area contributed by atoms with Gasteiger partial charge in [-0.1, -0.05) is 66.7 Å². The quantitative estimate of drug-likeness (QED) is 0.706. The Balaban J connectivity index is 2.33. The molecule has 1 amide bonds. The van der Waals surface area contributed by atoms with Gasteiger partial charge in [-0.2, -0.15) is 0 Å². The Morgan fingerprint density at radius 1 is 0.920 bits per heavy atom. The molecular weight excluding hydrogens is 310 g/mol. The summed E-state index contributed by atoms with van der Waals surface area (Å²) in [5.41, 5.74) is 3.30. The van der Waals surface area contributed by atoms with Crippen LogP contribution >= 0.6 is 0 Å². The molecule has 0 saturated heterocycles. The number of carbonyl (C=O) groups excluding carboxylic acids is 2. The number of carbonyl (C=O) groups is 2. The van der Waals surface area contributed by atoms with Crippen LogP contribution in [0.2, 0.25) is 0 Å². The van der Waals surface area contributed by atoms with Gasteiger partial charge in [0.2, 0.25) is 5.91 Å². The molecule has 0 aliphatic carbocycles. The van der Waals surface area contributed by atoms with Crippen LogP contribution in [0.15, 0.2) is 66.7 Å². The molecule has 0 unspecified atom stereocenters. The van der Waals surface area contributed by atoms with Crippen LogP contribution < -0.4 is 0 Å². The van der Waals surface area contributed by atoms with E-state index in [1.165, 1.54) is 6.92 Å². The average molecular weight is 335 g/mol. The zero-order valence-electron chi connectivity index (χ0n) is 15.1. The molecule has 0 saturated carbocycles. The van der Waals surface area contributed by atoms with Crippen LogP contribution in [-0.4, -0.2) is 29.2 Å². The number of hydrogen-bond donors (Lipinski definition) is 0. The first kappa shape index (κ1) is 18.7. The van der Waals surface area contributed by atoms with Gasteiger partial charge in [0.15, 0.2) is 0 Å². The lowest BCUT2D eigenvalue weighted by Crippen LogP contribution is -2.38. The first-order valence-corrected chi connectivity index (χ1v) is 8.59. The van der Waals surface area contributed by atoms with E-state index in [9.17, 15) is 9.59 Å². The van der Waals surface area contributed by atoms with Crippen molar-refractivity contribution in [3.05, 3.63) is 77.9 Å². The third kappa shape index (κ3) is 5.42. The van der Waals surface area contributed by atoms with Crippen LogP contribution in [0.25, 0.3) is 5.57 Å². The second kappa shape index (κ2) is 8.97. The molecule has 2 aromatic carbocycles. The largest absolute Gasteiger partial charge is 0.336 e. The molecule has 2 rings (SSSR count). The van der Waals surface area contributed by atoms with Gasteiger partial charge >= 0.3 is 0 Å². The Hall–Kier alpha value is -2.68. The van der Waals surface area contributed by atoms with Crippen molar-refractivity contribution in [2.24, 2.45) is 0 Å². The van der Waals surface area contributed by atoms with Crippen molar-refractivity contribution in [2.75, 3.05) is 6.54 Å². The first-order valence-electron chi connectivity index (χ1n) is 8.59. The van der Waals surface area contributed by atoms with Crippen LogP contribution in [0.5, 0.6) is 0 Å². The monoisotopic (exact) mass is 335 g/mol. The molecule has 0 spiro atoms. The fourth-order valence-corrected chi connectivity index (χ4v) is 2.74. The van der Waals surface area contributed by atoms with E-state index in [0.29, 0.717) is 6.54 Å². The predicted octanol–water partition coefficient (Wildman–Crippen LogP) is 4.33. The lowest BCUT2D eigenvalue weighted by atomic mass is 9.97. The second-order valence-corrected chi connectivity index (χ2v) is 6.37. The van der Waals surface area contributed by atoms with Crippen LogP contribution in [0.1, 0.15) is 38.3 Å². The number of benzene rings is 2. The summed E-state index contributed by atoms with van der Waals surface area (Å²) in [6.07, 6.45) is 2.03. The van der Waals surface area contributed by atoms with Crippen molar-refractivity contribution in [3.8, 4) is 0 Å². The van der Waals surface area contributed by atoms with Crippen LogP contribution in [0, 0.1) is 0 Å². The highest BCUT2D eigenvalue weighted by molar-refractivity contribution is 5.97. The summed E-state index contributed by atoms with van der Waals surface area (Å²) < 4.78 is 0. The number of amides is 1. The molecule has 25 heavy (non-hydrogen) atoms. The molecule has 3 nitrogen and oxygen atoms in total. The van der Waals surface area contributed by atoms with Gasteiger partial charge in [-0.3, -0.25) is 9.59 Å². The fraction of sp³-hybridized carbons (Fsp3) is 0.273. The van der Waals surface area contributed by atoms with Gasteiger partial charge in [0.05, 0.1) is 6.42 Å². The highest BCUT2D eigenvalue weighted by Gasteiger charge is 2.17. The molecule has 0 aliphatic rings. The molecule has 130 valence electrons. The number of hydrogen-bond acceptors (Lipinski definition) is 2. The van der Waals surface area contributed by atoms with E-state index in [2.05, 4.69) is 30.3 Å².